The highest BCUT2D eigenvalue weighted by Crippen LogP contribution is 2.36. The van der Waals surface area contributed by atoms with Crippen LogP contribution in [0.4, 0.5) is 16.4 Å². The average Bonchev–Trinajstić information content (AvgIpc) is 3.00. The molecule has 1 aromatic heterocycles. The SMILES string of the molecule is CC(=O)NCC1CN(c2ccc3c(c2)CCS(=O)(=O)c2cnc(N)nc2-3)C(=O)O1. The molecule has 11 heteroatoms. The summed E-state index contributed by atoms with van der Waals surface area (Å²) in [4.78, 5) is 32.8. The number of aryl methyl sites for hydroxylation is 1. The van der Waals surface area contributed by atoms with Crippen LogP contribution in [0.5, 0.6) is 0 Å². The molecule has 0 radical (unpaired) electrons. The summed E-state index contributed by atoms with van der Waals surface area (Å²) in [5.74, 6) is -0.315. The van der Waals surface area contributed by atoms with Crippen molar-refractivity contribution in [2.45, 2.75) is 24.3 Å². The number of benzene rings is 1. The number of sulfone groups is 1. The Hall–Kier alpha value is -3.21. The van der Waals surface area contributed by atoms with Gasteiger partial charge in [-0.1, -0.05) is 6.07 Å². The molecule has 0 bridgehead atoms. The normalized spacial score (nSPS) is 19.7. The van der Waals surface area contributed by atoms with Gasteiger partial charge in [0, 0.05) is 18.2 Å². The van der Waals surface area contributed by atoms with Crippen molar-refractivity contribution in [1.29, 1.82) is 0 Å². The number of nitrogens with two attached hydrogens (primary N) is 1. The molecule has 1 aromatic carbocycles. The smallest absolute Gasteiger partial charge is 0.414 e. The lowest BCUT2D eigenvalue weighted by Crippen LogP contribution is -2.33. The van der Waals surface area contributed by atoms with Gasteiger partial charge in [0.2, 0.25) is 11.9 Å². The Bertz CT molecular complexity index is 1120. The van der Waals surface area contributed by atoms with Crippen LogP contribution in [0.1, 0.15) is 12.5 Å². The number of carbonyl (C=O) groups excluding carboxylic acids is 2. The molecular formula is C18H19N5O5S. The minimum atomic E-state index is -3.56. The Balaban J connectivity index is 1.68. The van der Waals surface area contributed by atoms with Crippen molar-refractivity contribution >= 4 is 33.5 Å². The molecule has 2 aliphatic rings. The van der Waals surface area contributed by atoms with Crippen LogP contribution >= 0.6 is 0 Å². The van der Waals surface area contributed by atoms with Crippen LogP contribution in [-0.4, -0.2) is 55.3 Å². The van der Waals surface area contributed by atoms with Crippen molar-refractivity contribution in [1.82, 2.24) is 15.3 Å². The molecule has 2 amide bonds. The zero-order valence-electron chi connectivity index (χ0n) is 15.6. The number of nitrogens with one attached hydrogen (secondary N) is 1. The van der Waals surface area contributed by atoms with E-state index in [1.807, 2.05) is 0 Å². The number of fused-ring (bicyclic) bond motifs is 3. The summed E-state index contributed by atoms with van der Waals surface area (Å²) in [6.07, 6.45) is 0.521. The molecule has 152 valence electrons. The Morgan fingerprint density at radius 3 is 2.97 bits per heavy atom. The van der Waals surface area contributed by atoms with E-state index in [1.54, 1.807) is 18.2 Å². The summed E-state index contributed by atoms with van der Waals surface area (Å²) in [6.45, 7) is 1.90. The molecule has 29 heavy (non-hydrogen) atoms. The van der Waals surface area contributed by atoms with Gasteiger partial charge in [-0.15, -0.1) is 0 Å². The number of carbonyl (C=O) groups is 2. The number of rotatable bonds is 3. The second kappa shape index (κ2) is 6.99. The van der Waals surface area contributed by atoms with Crippen LogP contribution in [0, 0.1) is 0 Å². The molecule has 1 saturated heterocycles. The molecule has 2 aliphatic heterocycles. The predicted molar refractivity (Wildman–Crippen MR) is 104 cm³/mol. The third kappa shape index (κ3) is 3.60. The Morgan fingerprint density at radius 1 is 1.41 bits per heavy atom. The van der Waals surface area contributed by atoms with Gasteiger partial charge in [0.1, 0.15) is 11.0 Å². The molecule has 1 fully saturated rings. The lowest BCUT2D eigenvalue weighted by molar-refractivity contribution is -0.119. The minimum Gasteiger partial charge on any atom is -0.442 e. The zero-order chi connectivity index (χ0) is 20.8. The number of hydrogen-bond acceptors (Lipinski definition) is 8. The lowest BCUT2D eigenvalue weighted by atomic mass is 10.0. The molecule has 0 saturated carbocycles. The molecule has 0 spiro atoms. The fourth-order valence-corrected chi connectivity index (χ4v) is 4.81. The third-order valence-corrected chi connectivity index (χ3v) is 6.57. The first-order valence-electron chi connectivity index (χ1n) is 8.96. The van der Waals surface area contributed by atoms with Crippen LogP contribution in [0.25, 0.3) is 11.3 Å². The Morgan fingerprint density at radius 2 is 2.21 bits per heavy atom. The summed E-state index contributed by atoms with van der Waals surface area (Å²) in [7, 11) is -3.56. The van der Waals surface area contributed by atoms with E-state index in [4.69, 9.17) is 10.5 Å². The molecule has 0 aliphatic carbocycles. The number of hydrogen-bond donors (Lipinski definition) is 2. The lowest BCUT2D eigenvalue weighted by Gasteiger charge is -2.16. The van der Waals surface area contributed by atoms with E-state index in [0.717, 1.165) is 5.56 Å². The quantitative estimate of drug-likeness (QED) is 0.735. The van der Waals surface area contributed by atoms with Gasteiger partial charge in [0.05, 0.1) is 30.7 Å². The van der Waals surface area contributed by atoms with Crippen LogP contribution in [-0.2, 0) is 25.8 Å². The van der Waals surface area contributed by atoms with Crippen LogP contribution in [0.2, 0.25) is 0 Å². The number of anilines is 2. The van der Waals surface area contributed by atoms with Gasteiger partial charge in [-0.25, -0.2) is 23.2 Å². The third-order valence-electron chi connectivity index (χ3n) is 4.86. The highest BCUT2D eigenvalue weighted by molar-refractivity contribution is 7.91. The van der Waals surface area contributed by atoms with Crippen molar-refractivity contribution in [2.24, 2.45) is 0 Å². The summed E-state index contributed by atoms with van der Waals surface area (Å²) >= 11 is 0. The number of cyclic esters (lactones) is 1. The predicted octanol–water partition coefficient (Wildman–Crippen LogP) is 0.517. The number of amides is 2. The largest absolute Gasteiger partial charge is 0.442 e. The first kappa shape index (κ1) is 19.1. The molecule has 2 aromatic rings. The van der Waals surface area contributed by atoms with E-state index in [-0.39, 0.29) is 47.7 Å². The first-order chi connectivity index (χ1) is 13.7. The Kier molecular flexibility index (Phi) is 4.61. The number of aromatic nitrogens is 2. The molecule has 1 unspecified atom stereocenters. The standard InChI is InChI=1S/C18H19N5O5S/c1-10(24)20-7-13-9-23(18(25)28-13)12-2-3-14-11(6-12)4-5-29(26,27)15-8-21-17(19)22-16(14)15/h2-3,6,8,13H,4-5,7,9H2,1H3,(H,20,24)(H2,19,21,22). The van der Waals surface area contributed by atoms with E-state index in [9.17, 15) is 18.0 Å². The fraction of sp³-hybridized carbons (Fsp3) is 0.333. The Labute approximate surface area is 167 Å². The van der Waals surface area contributed by atoms with Gasteiger partial charge in [-0.2, -0.15) is 0 Å². The minimum absolute atomic E-state index is 0.0141. The van der Waals surface area contributed by atoms with Crippen molar-refractivity contribution in [3.63, 3.8) is 0 Å². The van der Waals surface area contributed by atoms with Crippen molar-refractivity contribution in [3.05, 3.63) is 30.0 Å². The maximum absolute atomic E-state index is 12.6. The first-order valence-corrected chi connectivity index (χ1v) is 10.6. The maximum Gasteiger partial charge on any atom is 0.414 e. The molecule has 10 nitrogen and oxygen atoms in total. The fourth-order valence-electron chi connectivity index (χ4n) is 3.44. The zero-order valence-corrected chi connectivity index (χ0v) is 16.4. The van der Waals surface area contributed by atoms with Crippen molar-refractivity contribution in [2.75, 3.05) is 29.5 Å². The van der Waals surface area contributed by atoms with Crippen LogP contribution in [0.3, 0.4) is 0 Å². The molecule has 3 heterocycles. The summed E-state index contributed by atoms with van der Waals surface area (Å²) in [6, 6.07) is 5.20. The molecule has 1 atom stereocenters. The van der Waals surface area contributed by atoms with Gasteiger partial charge in [0.15, 0.2) is 9.84 Å². The maximum atomic E-state index is 12.6. The summed E-state index contributed by atoms with van der Waals surface area (Å²) < 4.78 is 30.5. The van der Waals surface area contributed by atoms with E-state index in [1.165, 1.54) is 18.0 Å². The van der Waals surface area contributed by atoms with Gasteiger partial charge in [-0.3, -0.25) is 9.69 Å². The van der Waals surface area contributed by atoms with Crippen LogP contribution < -0.4 is 16.0 Å². The highest BCUT2D eigenvalue weighted by Gasteiger charge is 2.34. The number of nitrogen functional groups attached to an aromatic ring is 1. The molecule has 4 rings (SSSR count). The van der Waals surface area contributed by atoms with E-state index < -0.39 is 22.0 Å². The van der Waals surface area contributed by atoms with E-state index >= 15 is 0 Å². The van der Waals surface area contributed by atoms with E-state index in [2.05, 4.69) is 15.3 Å². The van der Waals surface area contributed by atoms with Gasteiger partial charge in [-0.05, 0) is 24.1 Å². The topological polar surface area (TPSA) is 145 Å². The average molecular weight is 417 g/mol. The summed E-state index contributed by atoms with van der Waals surface area (Å²) in [5.41, 5.74) is 7.90. The second-order valence-electron chi connectivity index (χ2n) is 6.90. The van der Waals surface area contributed by atoms with Crippen LogP contribution in [0.15, 0.2) is 29.3 Å². The van der Waals surface area contributed by atoms with Gasteiger partial charge >= 0.3 is 6.09 Å². The number of ether oxygens (including phenoxy) is 1. The monoisotopic (exact) mass is 417 g/mol. The highest BCUT2D eigenvalue weighted by atomic mass is 32.2. The second-order valence-corrected chi connectivity index (χ2v) is 8.98. The van der Waals surface area contributed by atoms with Crippen molar-refractivity contribution < 1.29 is 22.7 Å². The van der Waals surface area contributed by atoms with Gasteiger partial charge < -0.3 is 15.8 Å². The number of nitrogens with zero attached hydrogens (tertiary/aromatic N) is 3. The van der Waals surface area contributed by atoms with Crippen molar-refractivity contribution in [3.8, 4) is 11.3 Å². The summed E-state index contributed by atoms with van der Waals surface area (Å²) in [5, 5.41) is 2.63. The van der Waals surface area contributed by atoms with E-state index in [0.29, 0.717) is 11.3 Å². The van der Waals surface area contributed by atoms with Gasteiger partial charge in [0.25, 0.3) is 0 Å². The molecular weight excluding hydrogens is 398 g/mol. The molecule has 3 N–H and O–H groups in total.